The summed E-state index contributed by atoms with van der Waals surface area (Å²) < 4.78 is 5.40. The number of nitrogens with one attached hydrogen (secondary N) is 1. The second-order valence-corrected chi connectivity index (χ2v) is 7.28. The van der Waals surface area contributed by atoms with Crippen molar-refractivity contribution in [3.8, 4) is 6.01 Å². The van der Waals surface area contributed by atoms with Gasteiger partial charge in [0.1, 0.15) is 5.82 Å². The van der Waals surface area contributed by atoms with Gasteiger partial charge in [0.25, 0.3) is 0 Å². The molecule has 6 nitrogen and oxygen atoms in total. The number of anilines is 2. The molecule has 0 atom stereocenters. The maximum Gasteiger partial charge on any atom is 0.318 e. The van der Waals surface area contributed by atoms with E-state index in [1.54, 1.807) is 7.11 Å². The molecule has 28 heavy (non-hydrogen) atoms. The van der Waals surface area contributed by atoms with E-state index in [2.05, 4.69) is 51.5 Å². The van der Waals surface area contributed by atoms with Crippen molar-refractivity contribution in [3.63, 3.8) is 0 Å². The fraction of sp³-hybridized carbons (Fsp3) is 0.364. The lowest BCUT2D eigenvalue weighted by Crippen LogP contribution is -2.44. The molecule has 0 saturated carbocycles. The Morgan fingerprint density at radius 3 is 2.64 bits per heavy atom. The molecule has 1 aromatic carbocycles. The molecule has 0 amide bonds. The number of piperazine rings is 1. The highest BCUT2D eigenvalue weighted by atomic mass is 16.5. The maximum atomic E-state index is 5.40. The van der Waals surface area contributed by atoms with E-state index >= 15 is 0 Å². The number of aromatic nitrogens is 2. The summed E-state index contributed by atoms with van der Waals surface area (Å²) in [7, 11) is 1.63. The molecule has 2 aliphatic heterocycles. The van der Waals surface area contributed by atoms with E-state index in [1.807, 2.05) is 13.0 Å². The number of benzene rings is 1. The van der Waals surface area contributed by atoms with Crippen LogP contribution in [-0.4, -0.2) is 43.3 Å². The molecule has 1 saturated heterocycles. The number of rotatable bonds is 5. The van der Waals surface area contributed by atoms with Crippen LogP contribution in [0.3, 0.4) is 0 Å². The van der Waals surface area contributed by atoms with E-state index in [0.29, 0.717) is 6.01 Å². The minimum absolute atomic E-state index is 0.439. The van der Waals surface area contributed by atoms with Crippen molar-refractivity contribution in [1.82, 2.24) is 15.3 Å². The van der Waals surface area contributed by atoms with Crippen LogP contribution in [-0.2, 0) is 13.1 Å². The zero-order valence-electron chi connectivity index (χ0n) is 16.7. The zero-order valence-corrected chi connectivity index (χ0v) is 16.7. The minimum Gasteiger partial charge on any atom is -0.467 e. The number of methoxy groups -OCH3 is 1. The van der Waals surface area contributed by atoms with Crippen LogP contribution in [0.5, 0.6) is 6.01 Å². The van der Waals surface area contributed by atoms with Gasteiger partial charge in [0, 0.05) is 49.5 Å². The molecule has 1 N–H and O–H groups in total. The van der Waals surface area contributed by atoms with Gasteiger partial charge in [-0.2, -0.15) is 9.97 Å². The summed E-state index contributed by atoms with van der Waals surface area (Å²) in [5.41, 5.74) is 6.68. The van der Waals surface area contributed by atoms with Crippen molar-refractivity contribution in [2.75, 3.05) is 43.1 Å². The molecule has 2 aromatic rings. The number of hydrogen-bond donors (Lipinski definition) is 1. The van der Waals surface area contributed by atoms with E-state index in [-0.39, 0.29) is 0 Å². The van der Waals surface area contributed by atoms with Crippen LogP contribution in [0.1, 0.15) is 29.3 Å². The average molecular weight is 377 g/mol. The van der Waals surface area contributed by atoms with Crippen molar-refractivity contribution >= 4 is 23.2 Å². The largest absolute Gasteiger partial charge is 0.467 e. The van der Waals surface area contributed by atoms with Crippen LogP contribution in [0.15, 0.2) is 31.4 Å². The summed E-state index contributed by atoms with van der Waals surface area (Å²) >= 11 is 0. The lowest BCUT2D eigenvalue weighted by molar-refractivity contribution is 0.377. The predicted molar refractivity (Wildman–Crippen MR) is 115 cm³/mol. The van der Waals surface area contributed by atoms with Gasteiger partial charge in [-0.15, -0.1) is 0 Å². The first-order valence-corrected chi connectivity index (χ1v) is 9.68. The highest BCUT2D eigenvalue weighted by Crippen LogP contribution is 2.38. The Balaban J connectivity index is 1.74. The van der Waals surface area contributed by atoms with Crippen molar-refractivity contribution in [2.24, 2.45) is 0 Å². The third-order valence-corrected chi connectivity index (χ3v) is 5.40. The summed E-state index contributed by atoms with van der Waals surface area (Å²) in [6.45, 7) is 15.5. The molecule has 0 bridgehead atoms. The summed E-state index contributed by atoms with van der Waals surface area (Å²) in [5, 5.41) is 3.40. The first-order valence-electron chi connectivity index (χ1n) is 9.68. The van der Waals surface area contributed by atoms with Crippen LogP contribution in [0.2, 0.25) is 0 Å². The van der Waals surface area contributed by atoms with Crippen LogP contribution in [0.4, 0.5) is 11.5 Å². The quantitative estimate of drug-likeness (QED) is 0.864. The minimum atomic E-state index is 0.439. The van der Waals surface area contributed by atoms with Crippen LogP contribution in [0, 0.1) is 0 Å². The van der Waals surface area contributed by atoms with Crippen molar-refractivity contribution in [3.05, 3.63) is 53.7 Å². The SMILES string of the molecule is C=Cc1cccc(N2Cc3nc(OC)nc(N4CCNCC4)c3C2)c1C(=C)C. The van der Waals surface area contributed by atoms with Crippen LogP contribution >= 0.6 is 0 Å². The van der Waals surface area contributed by atoms with E-state index in [1.165, 1.54) is 5.56 Å². The molecular formula is C22H27N5O. The number of nitrogens with zero attached hydrogens (tertiary/aromatic N) is 4. The summed E-state index contributed by atoms with van der Waals surface area (Å²) in [4.78, 5) is 14.1. The summed E-state index contributed by atoms with van der Waals surface area (Å²) in [5.74, 6) is 1.00. The average Bonchev–Trinajstić information content (AvgIpc) is 3.16. The highest BCUT2D eigenvalue weighted by molar-refractivity contribution is 5.82. The second-order valence-electron chi connectivity index (χ2n) is 7.28. The molecule has 146 valence electrons. The normalized spacial score (nSPS) is 16.1. The Bertz CT molecular complexity index is 917. The van der Waals surface area contributed by atoms with E-state index in [9.17, 15) is 0 Å². The van der Waals surface area contributed by atoms with Gasteiger partial charge in [-0.3, -0.25) is 0 Å². The molecule has 0 radical (unpaired) electrons. The molecule has 0 aliphatic carbocycles. The standard InChI is InChI=1S/C22H27N5O/c1-5-16-7-6-8-19(20(16)15(2)3)27-13-17-18(14-27)24-22(28-4)25-21(17)26-11-9-23-10-12-26/h5-8,23H,1-2,9-14H2,3-4H3. The van der Waals surface area contributed by atoms with Gasteiger partial charge in [-0.05, 0) is 24.1 Å². The monoisotopic (exact) mass is 377 g/mol. The van der Waals surface area contributed by atoms with E-state index in [0.717, 1.165) is 73.2 Å². The molecule has 6 heteroatoms. The topological polar surface area (TPSA) is 53.5 Å². The molecule has 0 unspecified atom stereocenters. The van der Waals surface area contributed by atoms with Gasteiger partial charge in [-0.25, -0.2) is 0 Å². The van der Waals surface area contributed by atoms with E-state index < -0.39 is 0 Å². The first kappa shape index (κ1) is 18.5. The van der Waals surface area contributed by atoms with Gasteiger partial charge in [0.15, 0.2) is 0 Å². The Morgan fingerprint density at radius 2 is 1.96 bits per heavy atom. The summed E-state index contributed by atoms with van der Waals surface area (Å²) in [6, 6.07) is 6.75. The molecule has 3 heterocycles. The van der Waals surface area contributed by atoms with Crippen molar-refractivity contribution < 1.29 is 4.74 Å². The van der Waals surface area contributed by atoms with Crippen molar-refractivity contribution in [2.45, 2.75) is 20.0 Å². The third-order valence-electron chi connectivity index (χ3n) is 5.40. The Labute approximate surface area is 166 Å². The van der Waals surface area contributed by atoms with E-state index in [4.69, 9.17) is 9.72 Å². The lowest BCUT2D eigenvalue weighted by atomic mass is 9.99. The number of allylic oxidation sites excluding steroid dienone is 1. The highest BCUT2D eigenvalue weighted by Gasteiger charge is 2.30. The van der Waals surface area contributed by atoms with Gasteiger partial charge < -0.3 is 19.9 Å². The molecular weight excluding hydrogens is 350 g/mol. The number of ether oxygens (including phenoxy) is 1. The van der Waals surface area contributed by atoms with Crippen molar-refractivity contribution in [1.29, 1.82) is 0 Å². The maximum absolute atomic E-state index is 5.40. The Kier molecular flexibility index (Phi) is 5.05. The molecule has 1 aromatic heterocycles. The lowest BCUT2D eigenvalue weighted by Gasteiger charge is -2.30. The third kappa shape index (κ3) is 3.24. The Morgan fingerprint density at radius 1 is 1.18 bits per heavy atom. The zero-order chi connectivity index (χ0) is 19.7. The van der Waals surface area contributed by atoms with Gasteiger partial charge >= 0.3 is 6.01 Å². The van der Waals surface area contributed by atoms with Gasteiger partial charge in [0.05, 0.1) is 19.3 Å². The smallest absolute Gasteiger partial charge is 0.318 e. The molecule has 4 rings (SSSR count). The first-order chi connectivity index (χ1) is 13.6. The summed E-state index contributed by atoms with van der Waals surface area (Å²) in [6.07, 6.45) is 1.89. The molecule has 0 spiro atoms. The predicted octanol–water partition coefficient (Wildman–Crippen LogP) is 3.09. The Hall–Kier alpha value is -2.86. The van der Waals surface area contributed by atoms with Gasteiger partial charge in [0.2, 0.25) is 0 Å². The van der Waals surface area contributed by atoms with Crippen LogP contribution < -0.4 is 19.9 Å². The van der Waals surface area contributed by atoms with Crippen LogP contribution in [0.25, 0.3) is 11.6 Å². The second kappa shape index (κ2) is 7.64. The molecule has 1 fully saturated rings. The van der Waals surface area contributed by atoms with Gasteiger partial charge in [-0.1, -0.05) is 31.4 Å². The fourth-order valence-corrected chi connectivity index (χ4v) is 4.07. The fourth-order valence-electron chi connectivity index (χ4n) is 4.07. The molecule has 2 aliphatic rings. The number of fused-ring (bicyclic) bond motifs is 1. The number of hydrogen-bond acceptors (Lipinski definition) is 6.